The molecule has 2 rings (SSSR count). The van der Waals surface area contributed by atoms with E-state index in [4.69, 9.17) is 11.1 Å². The summed E-state index contributed by atoms with van der Waals surface area (Å²) in [5, 5.41) is 19.8. The molecule has 1 aromatic carbocycles. The molecule has 1 aliphatic rings. The number of rotatable bonds is 7. The van der Waals surface area contributed by atoms with Crippen LogP contribution in [0.4, 0.5) is 0 Å². The quantitative estimate of drug-likeness (QED) is 0.262. The lowest BCUT2D eigenvalue weighted by molar-refractivity contribution is -0.107. The van der Waals surface area contributed by atoms with Crippen molar-refractivity contribution in [2.24, 2.45) is 0 Å². The summed E-state index contributed by atoms with van der Waals surface area (Å²) in [4.78, 5) is 11.4. The zero-order valence-electron chi connectivity index (χ0n) is 13.2. The first-order valence-corrected chi connectivity index (χ1v) is 8.63. The standard InChI is InChI=1S/C18H19BO4S/c1-2-15(5-4-14-12-19(22)23-13-14)18(21)16-6-8-17(9-7-16)24-11-3-10-20/h1,4-10,18,21-22H,3,11-13H2/b14-4+,15-5+. The van der Waals surface area contributed by atoms with Crippen molar-refractivity contribution in [1.29, 1.82) is 0 Å². The number of allylic oxidation sites excluding steroid dienone is 2. The molecule has 0 amide bonds. The number of carbonyl (C=O) groups is 1. The average molecular weight is 342 g/mol. The van der Waals surface area contributed by atoms with Crippen molar-refractivity contribution >= 4 is 25.2 Å². The van der Waals surface area contributed by atoms with Gasteiger partial charge in [0.2, 0.25) is 0 Å². The minimum Gasteiger partial charge on any atom is -0.427 e. The van der Waals surface area contributed by atoms with Gasteiger partial charge in [-0.2, -0.15) is 0 Å². The molecule has 1 aliphatic heterocycles. The van der Waals surface area contributed by atoms with Crippen molar-refractivity contribution in [3.8, 4) is 12.3 Å². The Bertz CT molecular complexity index is 661. The van der Waals surface area contributed by atoms with Crippen LogP contribution in [0.25, 0.3) is 0 Å². The maximum atomic E-state index is 10.4. The van der Waals surface area contributed by atoms with Crippen molar-refractivity contribution in [2.75, 3.05) is 12.4 Å². The highest BCUT2D eigenvalue weighted by molar-refractivity contribution is 7.99. The lowest BCUT2D eigenvalue weighted by atomic mass is 9.85. The SMILES string of the molecule is C#C/C(=C\C=C1\COB(O)C1)C(O)c1ccc(SCCC=O)cc1. The molecule has 1 unspecified atom stereocenters. The van der Waals surface area contributed by atoms with E-state index >= 15 is 0 Å². The van der Waals surface area contributed by atoms with Gasteiger partial charge >= 0.3 is 7.12 Å². The normalized spacial score (nSPS) is 17.8. The van der Waals surface area contributed by atoms with Crippen LogP contribution in [0.15, 0.2) is 52.5 Å². The minimum absolute atomic E-state index is 0.373. The molecule has 1 heterocycles. The van der Waals surface area contributed by atoms with Crippen molar-refractivity contribution in [2.45, 2.75) is 23.7 Å². The van der Waals surface area contributed by atoms with Gasteiger partial charge in [0, 0.05) is 29.0 Å². The minimum atomic E-state index is -0.881. The number of terminal acetylenes is 1. The maximum Gasteiger partial charge on any atom is 0.458 e. The third-order valence-electron chi connectivity index (χ3n) is 3.56. The summed E-state index contributed by atoms with van der Waals surface area (Å²) in [6, 6.07) is 7.47. The molecular formula is C18H19BO4S. The fourth-order valence-corrected chi connectivity index (χ4v) is 3.02. The van der Waals surface area contributed by atoms with Crippen LogP contribution >= 0.6 is 11.8 Å². The Labute approximate surface area is 146 Å². The van der Waals surface area contributed by atoms with Gasteiger partial charge in [-0.25, -0.2) is 0 Å². The topological polar surface area (TPSA) is 66.8 Å². The number of hydrogen-bond donors (Lipinski definition) is 2. The van der Waals surface area contributed by atoms with E-state index in [9.17, 15) is 14.9 Å². The lowest BCUT2D eigenvalue weighted by Crippen LogP contribution is -2.07. The number of aldehydes is 1. The Morgan fingerprint density at radius 1 is 1.46 bits per heavy atom. The maximum absolute atomic E-state index is 10.4. The summed E-state index contributed by atoms with van der Waals surface area (Å²) in [6.07, 6.45) is 9.98. The predicted molar refractivity (Wildman–Crippen MR) is 96.5 cm³/mol. The summed E-state index contributed by atoms with van der Waals surface area (Å²) >= 11 is 1.59. The molecule has 0 spiro atoms. The zero-order chi connectivity index (χ0) is 17.4. The van der Waals surface area contributed by atoms with Crippen molar-refractivity contribution < 1.29 is 19.6 Å². The third-order valence-corrected chi connectivity index (χ3v) is 4.60. The number of thioether (sulfide) groups is 1. The highest BCUT2D eigenvalue weighted by Crippen LogP contribution is 2.25. The van der Waals surface area contributed by atoms with Crippen molar-refractivity contribution in [3.63, 3.8) is 0 Å². The highest BCUT2D eigenvalue weighted by Gasteiger charge is 2.22. The van der Waals surface area contributed by atoms with Crippen LogP contribution in [0, 0.1) is 12.3 Å². The van der Waals surface area contributed by atoms with Crippen molar-refractivity contribution in [1.82, 2.24) is 0 Å². The van der Waals surface area contributed by atoms with Gasteiger partial charge in [0.15, 0.2) is 0 Å². The number of hydrogen-bond acceptors (Lipinski definition) is 5. The molecule has 0 aliphatic carbocycles. The van der Waals surface area contributed by atoms with E-state index in [1.54, 1.807) is 23.9 Å². The molecule has 1 aromatic rings. The Balaban J connectivity index is 2.04. The average Bonchev–Trinajstić information content (AvgIpc) is 3.01. The monoisotopic (exact) mass is 342 g/mol. The number of aliphatic hydroxyl groups is 1. The van der Waals surface area contributed by atoms with Crippen LogP contribution in [-0.4, -0.2) is 35.9 Å². The fraction of sp³-hybridized carbons (Fsp3) is 0.278. The van der Waals surface area contributed by atoms with Crippen molar-refractivity contribution in [3.05, 3.63) is 53.1 Å². The molecule has 1 atom stereocenters. The number of benzene rings is 1. The Morgan fingerprint density at radius 3 is 2.79 bits per heavy atom. The third kappa shape index (κ3) is 5.39. The first kappa shape index (κ1) is 18.6. The first-order valence-electron chi connectivity index (χ1n) is 7.64. The van der Waals surface area contributed by atoms with Gasteiger partial charge in [-0.05, 0) is 29.3 Å². The van der Waals surface area contributed by atoms with Gasteiger partial charge in [-0.1, -0.05) is 24.1 Å². The van der Waals surface area contributed by atoms with Crippen LogP contribution in [-0.2, 0) is 9.45 Å². The van der Waals surface area contributed by atoms with Gasteiger partial charge in [0.25, 0.3) is 0 Å². The van der Waals surface area contributed by atoms with E-state index in [0.29, 0.717) is 30.5 Å². The van der Waals surface area contributed by atoms with E-state index in [1.807, 2.05) is 24.3 Å². The second-order valence-electron chi connectivity index (χ2n) is 5.34. The van der Waals surface area contributed by atoms with E-state index in [-0.39, 0.29) is 0 Å². The van der Waals surface area contributed by atoms with Gasteiger partial charge in [0.05, 0.1) is 6.61 Å². The second-order valence-corrected chi connectivity index (χ2v) is 6.50. The Kier molecular flexibility index (Phi) is 7.35. The van der Waals surface area contributed by atoms with Gasteiger partial charge in [0.1, 0.15) is 12.4 Å². The van der Waals surface area contributed by atoms with Gasteiger partial charge in [-0.3, -0.25) is 0 Å². The van der Waals surface area contributed by atoms with Gasteiger partial charge < -0.3 is 19.6 Å². The molecule has 0 bridgehead atoms. The van der Waals surface area contributed by atoms with E-state index < -0.39 is 13.2 Å². The second kappa shape index (κ2) is 9.50. The molecular weight excluding hydrogens is 323 g/mol. The molecule has 0 aromatic heterocycles. The summed E-state index contributed by atoms with van der Waals surface area (Å²) in [6.45, 7) is 0.373. The molecule has 1 saturated heterocycles. The van der Waals surface area contributed by atoms with E-state index in [0.717, 1.165) is 22.5 Å². The first-order chi connectivity index (χ1) is 11.6. The molecule has 0 saturated carbocycles. The summed E-state index contributed by atoms with van der Waals surface area (Å²) in [5.74, 6) is 3.25. The molecule has 24 heavy (non-hydrogen) atoms. The van der Waals surface area contributed by atoms with Crippen LogP contribution in [0.5, 0.6) is 0 Å². The van der Waals surface area contributed by atoms with Crippen LogP contribution in [0.1, 0.15) is 18.1 Å². The summed E-state index contributed by atoms with van der Waals surface area (Å²) in [5.41, 5.74) is 2.09. The van der Waals surface area contributed by atoms with E-state index in [2.05, 4.69) is 5.92 Å². The molecule has 0 radical (unpaired) electrons. The smallest absolute Gasteiger partial charge is 0.427 e. The summed E-state index contributed by atoms with van der Waals surface area (Å²) in [7, 11) is -0.756. The van der Waals surface area contributed by atoms with Crippen LogP contribution < -0.4 is 0 Å². The fourth-order valence-electron chi connectivity index (χ4n) is 2.24. The van der Waals surface area contributed by atoms with Crippen LogP contribution in [0.3, 0.4) is 0 Å². The predicted octanol–water partition coefficient (Wildman–Crippen LogP) is 2.40. The number of aliphatic hydroxyl groups excluding tert-OH is 1. The van der Waals surface area contributed by atoms with E-state index in [1.165, 1.54) is 0 Å². The highest BCUT2D eigenvalue weighted by atomic mass is 32.2. The molecule has 2 N–H and O–H groups in total. The summed E-state index contributed by atoms with van der Waals surface area (Å²) < 4.78 is 5.05. The Hall–Kier alpha value is -1.78. The van der Waals surface area contributed by atoms with Crippen LogP contribution in [0.2, 0.25) is 6.32 Å². The molecule has 124 valence electrons. The molecule has 1 fully saturated rings. The molecule has 4 nitrogen and oxygen atoms in total. The molecule has 6 heteroatoms. The lowest BCUT2D eigenvalue weighted by Gasteiger charge is -2.11. The number of carbonyl (C=O) groups excluding carboxylic acids is 1. The largest absolute Gasteiger partial charge is 0.458 e. The Morgan fingerprint density at radius 2 is 2.21 bits per heavy atom. The van der Waals surface area contributed by atoms with Gasteiger partial charge in [-0.15, -0.1) is 18.2 Å². The zero-order valence-corrected chi connectivity index (χ0v) is 14.0.